The van der Waals surface area contributed by atoms with Crippen molar-refractivity contribution in [3.8, 4) is 11.5 Å². The summed E-state index contributed by atoms with van der Waals surface area (Å²) in [6, 6.07) is 9.04. The first-order valence-electron chi connectivity index (χ1n) is 5.63. The highest BCUT2D eigenvalue weighted by atomic mass is 35.5. The van der Waals surface area contributed by atoms with E-state index in [1.807, 2.05) is 0 Å². The SMILES string of the molecule is N=Cc1cc(Cl)cc(Cl)c1O.NC(=O)c1ccccc1O. The van der Waals surface area contributed by atoms with Crippen molar-refractivity contribution < 1.29 is 15.0 Å². The summed E-state index contributed by atoms with van der Waals surface area (Å²) in [6.07, 6.45) is 0.993. The number of carbonyl (C=O) groups excluding carboxylic acids is 1. The number of phenolic OH excluding ortho intramolecular Hbond substituents is 1. The maximum Gasteiger partial charge on any atom is 0.252 e. The van der Waals surface area contributed by atoms with Crippen molar-refractivity contribution in [2.45, 2.75) is 0 Å². The second-order valence-electron chi connectivity index (χ2n) is 3.85. The summed E-state index contributed by atoms with van der Waals surface area (Å²) in [5.41, 5.74) is 5.39. The van der Waals surface area contributed by atoms with E-state index in [0.29, 0.717) is 10.6 Å². The minimum atomic E-state index is -0.613. The van der Waals surface area contributed by atoms with Crippen molar-refractivity contribution in [3.63, 3.8) is 0 Å². The molecule has 21 heavy (non-hydrogen) atoms. The third kappa shape index (κ3) is 4.66. The lowest BCUT2D eigenvalue weighted by Gasteiger charge is -2.00. The molecule has 2 rings (SSSR count). The maximum atomic E-state index is 10.5. The number of hydrogen-bond donors (Lipinski definition) is 4. The standard InChI is InChI=1S/C7H5Cl2NO.C7H7NO2/c8-5-1-4(3-10)7(11)6(9)2-5;8-7(10)5-3-1-2-4-6(5)9/h1-3,10-11H;1-4,9H,(H2,8,10). The maximum absolute atomic E-state index is 10.5. The molecular formula is C14H12Cl2N2O3. The molecule has 5 nitrogen and oxygen atoms in total. The highest BCUT2D eigenvalue weighted by Gasteiger charge is 2.04. The molecule has 0 bridgehead atoms. The van der Waals surface area contributed by atoms with Crippen LogP contribution < -0.4 is 5.73 Å². The Kier molecular flexibility index (Phi) is 6.02. The smallest absolute Gasteiger partial charge is 0.252 e. The lowest BCUT2D eigenvalue weighted by molar-refractivity contribution is 0.0998. The van der Waals surface area contributed by atoms with Gasteiger partial charge in [-0.2, -0.15) is 0 Å². The molecule has 5 N–H and O–H groups in total. The van der Waals surface area contributed by atoms with E-state index in [1.54, 1.807) is 12.1 Å². The minimum absolute atomic E-state index is 0.0741. The minimum Gasteiger partial charge on any atom is -0.507 e. The van der Waals surface area contributed by atoms with Gasteiger partial charge in [0.1, 0.15) is 11.5 Å². The van der Waals surface area contributed by atoms with E-state index in [1.165, 1.54) is 24.3 Å². The lowest BCUT2D eigenvalue weighted by Crippen LogP contribution is -2.10. The van der Waals surface area contributed by atoms with Gasteiger partial charge in [0.2, 0.25) is 0 Å². The quantitative estimate of drug-likeness (QED) is 0.636. The lowest BCUT2D eigenvalue weighted by atomic mass is 10.2. The molecule has 0 radical (unpaired) electrons. The van der Waals surface area contributed by atoms with E-state index >= 15 is 0 Å². The van der Waals surface area contributed by atoms with Crippen LogP contribution >= 0.6 is 23.2 Å². The fraction of sp³-hybridized carbons (Fsp3) is 0. The van der Waals surface area contributed by atoms with Crippen molar-refractivity contribution in [2.75, 3.05) is 0 Å². The number of primary amides is 1. The van der Waals surface area contributed by atoms with Crippen molar-refractivity contribution in [2.24, 2.45) is 5.73 Å². The van der Waals surface area contributed by atoms with E-state index < -0.39 is 5.91 Å². The molecule has 0 heterocycles. The molecule has 110 valence electrons. The van der Waals surface area contributed by atoms with Crippen LogP contribution in [0, 0.1) is 5.41 Å². The molecule has 0 fully saturated rings. The van der Waals surface area contributed by atoms with Gasteiger partial charge in [0, 0.05) is 16.8 Å². The van der Waals surface area contributed by atoms with Crippen LogP contribution in [0.2, 0.25) is 10.0 Å². The van der Waals surface area contributed by atoms with Crippen molar-refractivity contribution in [1.29, 1.82) is 5.41 Å². The summed E-state index contributed by atoms with van der Waals surface area (Å²) in [4.78, 5) is 10.5. The average molecular weight is 327 g/mol. The molecule has 0 aliphatic heterocycles. The number of hydrogen-bond acceptors (Lipinski definition) is 4. The van der Waals surface area contributed by atoms with Crippen LogP contribution in [0.25, 0.3) is 0 Å². The van der Waals surface area contributed by atoms with Gasteiger partial charge in [-0.1, -0.05) is 35.3 Å². The highest BCUT2D eigenvalue weighted by molar-refractivity contribution is 6.36. The summed E-state index contributed by atoms with van der Waals surface area (Å²) in [5.74, 6) is -0.792. The van der Waals surface area contributed by atoms with Gasteiger partial charge in [-0.3, -0.25) is 4.79 Å². The number of phenols is 2. The van der Waals surface area contributed by atoms with Crippen LogP contribution in [0.4, 0.5) is 0 Å². The van der Waals surface area contributed by atoms with Crippen LogP contribution in [-0.2, 0) is 0 Å². The number of nitrogens with one attached hydrogen (secondary N) is 1. The molecule has 7 heteroatoms. The monoisotopic (exact) mass is 326 g/mol. The Morgan fingerprint density at radius 3 is 2.29 bits per heavy atom. The number of rotatable bonds is 2. The molecule has 1 amide bonds. The summed E-state index contributed by atoms with van der Waals surface area (Å²) < 4.78 is 0. The molecule has 0 atom stereocenters. The fourth-order valence-corrected chi connectivity index (χ4v) is 1.89. The molecule has 0 spiro atoms. The molecule has 2 aromatic rings. The van der Waals surface area contributed by atoms with Gasteiger partial charge >= 0.3 is 0 Å². The Morgan fingerprint density at radius 2 is 1.81 bits per heavy atom. The van der Waals surface area contributed by atoms with Gasteiger partial charge in [-0.05, 0) is 24.3 Å². The third-order valence-electron chi connectivity index (χ3n) is 2.38. The zero-order valence-electron chi connectivity index (χ0n) is 10.7. The van der Waals surface area contributed by atoms with Crippen molar-refractivity contribution >= 4 is 35.3 Å². The second kappa shape index (κ2) is 7.52. The zero-order chi connectivity index (χ0) is 16.0. The van der Waals surface area contributed by atoms with Crippen LogP contribution in [-0.4, -0.2) is 22.3 Å². The molecule has 0 unspecified atom stereocenters. The first-order valence-corrected chi connectivity index (χ1v) is 6.38. The largest absolute Gasteiger partial charge is 0.507 e. The molecular weight excluding hydrogens is 315 g/mol. The number of amides is 1. The average Bonchev–Trinajstić information content (AvgIpc) is 2.43. The third-order valence-corrected chi connectivity index (χ3v) is 2.89. The fourth-order valence-electron chi connectivity index (χ4n) is 1.38. The van der Waals surface area contributed by atoms with Gasteiger partial charge in [0.15, 0.2) is 0 Å². The van der Waals surface area contributed by atoms with E-state index in [4.69, 9.17) is 39.5 Å². The predicted octanol–water partition coefficient (Wildman–Crippen LogP) is 3.19. The van der Waals surface area contributed by atoms with E-state index in [2.05, 4.69) is 0 Å². The van der Waals surface area contributed by atoms with Gasteiger partial charge < -0.3 is 21.4 Å². The van der Waals surface area contributed by atoms with E-state index in [9.17, 15) is 9.90 Å². The summed E-state index contributed by atoms with van der Waals surface area (Å²) in [6.45, 7) is 0. The van der Waals surface area contributed by atoms with Gasteiger partial charge in [0.25, 0.3) is 5.91 Å². The van der Waals surface area contributed by atoms with Gasteiger partial charge in [-0.15, -0.1) is 0 Å². The number of para-hydroxylation sites is 1. The Labute approximate surface area is 131 Å². The van der Waals surface area contributed by atoms with Crippen molar-refractivity contribution in [3.05, 3.63) is 57.6 Å². The number of benzene rings is 2. The first kappa shape index (κ1) is 16.8. The predicted molar refractivity (Wildman–Crippen MR) is 82.6 cm³/mol. The second-order valence-corrected chi connectivity index (χ2v) is 4.69. The molecule has 0 aromatic heterocycles. The first-order chi connectivity index (χ1) is 9.86. The van der Waals surface area contributed by atoms with Crippen molar-refractivity contribution in [1.82, 2.24) is 0 Å². The molecule has 2 aromatic carbocycles. The summed E-state index contributed by atoms with van der Waals surface area (Å²) in [7, 11) is 0. The Hall–Kier alpha value is -2.24. The molecule has 0 saturated carbocycles. The summed E-state index contributed by atoms with van der Waals surface area (Å²) >= 11 is 11.2. The zero-order valence-corrected chi connectivity index (χ0v) is 12.2. The number of halogens is 2. The number of aromatic hydroxyl groups is 2. The number of nitrogens with two attached hydrogens (primary N) is 1. The molecule has 0 aliphatic carbocycles. The Balaban J connectivity index is 0.000000211. The molecule has 0 saturated heterocycles. The van der Waals surface area contributed by atoms with Crippen LogP contribution in [0.15, 0.2) is 36.4 Å². The van der Waals surface area contributed by atoms with Crippen LogP contribution in [0.5, 0.6) is 11.5 Å². The van der Waals surface area contributed by atoms with E-state index in [0.717, 1.165) is 6.21 Å². The molecule has 0 aliphatic rings. The Morgan fingerprint density at radius 1 is 1.19 bits per heavy atom. The number of carbonyl (C=O) groups is 1. The highest BCUT2D eigenvalue weighted by Crippen LogP contribution is 2.29. The normalized spacial score (nSPS) is 9.43. The van der Waals surface area contributed by atoms with Gasteiger partial charge in [0.05, 0.1) is 10.6 Å². The Bertz CT molecular complexity index is 675. The van der Waals surface area contributed by atoms with Crippen LogP contribution in [0.1, 0.15) is 15.9 Å². The topological polar surface area (TPSA) is 107 Å². The summed E-state index contributed by atoms with van der Waals surface area (Å²) in [5, 5.41) is 25.6. The van der Waals surface area contributed by atoms with E-state index in [-0.39, 0.29) is 22.1 Å². The van der Waals surface area contributed by atoms with Crippen LogP contribution in [0.3, 0.4) is 0 Å². The van der Waals surface area contributed by atoms with Gasteiger partial charge in [-0.25, -0.2) is 0 Å².